The lowest BCUT2D eigenvalue weighted by Crippen LogP contribution is -2.57. The minimum atomic E-state index is 0.0596. The molecular formula is C19H27N3. The summed E-state index contributed by atoms with van der Waals surface area (Å²) in [6.45, 7) is 0. The van der Waals surface area contributed by atoms with E-state index >= 15 is 0 Å². The number of nitrogens with zero attached hydrogens (tertiary/aromatic N) is 1. The Labute approximate surface area is 133 Å². The van der Waals surface area contributed by atoms with Crippen molar-refractivity contribution >= 4 is 17.2 Å². The predicted octanol–water partition coefficient (Wildman–Crippen LogP) is 4.77. The smallest absolute Gasteiger partial charge is 0.128 e. The Morgan fingerprint density at radius 3 is 2.50 bits per heavy atom. The highest BCUT2D eigenvalue weighted by molar-refractivity contribution is 6.00. The van der Waals surface area contributed by atoms with E-state index in [2.05, 4.69) is 34.9 Å². The van der Waals surface area contributed by atoms with Gasteiger partial charge in [0.15, 0.2) is 0 Å². The summed E-state index contributed by atoms with van der Waals surface area (Å²) in [5, 5.41) is 7.71. The van der Waals surface area contributed by atoms with E-state index in [1.165, 1.54) is 75.7 Å². The van der Waals surface area contributed by atoms with Crippen LogP contribution in [0.5, 0.6) is 0 Å². The number of anilines is 1. The molecule has 22 heavy (non-hydrogen) atoms. The first kappa shape index (κ1) is 14.1. The topological polar surface area (TPSA) is 36.4 Å². The van der Waals surface area contributed by atoms with Gasteiger partial charge in [0, 0.05) is 6.04 Å². The van der Waals surface area contributed by atoms with Gasteiger partial charge in [-0.05, 0) is 37.8 Å². The summed E-state index contributed by atoms with van der Waals surface area (Å²) in [7, 11) is 0. The van der Waals surface area contributed by atoms with Crippen LogP contribution >= 0.6 is 0 Å². The molecule has 3 nitrogen and oxygen atoms in total. The summed E-state index contributed by atoms with van der Waals surface area (Å²) in [6, 6.07) is 9.12. The molecular weight excluding hydrogens is 270 g/mol. The van der Waals surface area contributed by atoms with Gasteiger partial charge in [-0.3, -0.25) is 0 Å². The number of para-hydroxylation sites is 2. The highest BCUT2D eigenvalue weighted by atomic mass is 15.2. The zero-order chi connectivity index (χ0) is 14.8. The first-order valence-corrected chi connectivity index (χ1v) is 9.09. The zero-order valence-corrected chi connectivity index (χ0v) is 13.4. The zero-order valence-electron chi connectivity index (χ0n) is 13.4. The number of hydrogen-bond acceptors (Lipinski definition) is 3. The number of hydrogen-bond donors (Lipinski definition) is 2. The van der Waals surface area contributed by atoms with Crippen LogP contribution in [-0.4, -0.2) is 17.4 Å². The second kappa shape index (κ2) is 5.94. The van der Waals surface area contributed by atoms with E-state index in [0.29, 0.717) is 6.04 Å². The van der Waals surface area contributed by atoms with Crippen molar-refractivity contribution < 1.29 is 0 Å². The van der Waals surface area contributed by atoms with Crippen LogP contribution in [0.3, 0.4) is 0 Å². The van der Waals surface area contributed by atoms with E-state index in [1.54, 1.807) is 0 Å². The summed E-state index contributed by atoms with van der Waals surface area (Å²) in [5.74, 6) is 1.22. The average Bonchev–Trinajstić information content (AvgIpc) is 2.57. The van der Waals surface area contributed by atoms with Crippen LogP contribution in [0, 0.1) is 0 Å². The molecule has 3 aliphatic rings. The molecule has 0 atom stereocenters. The maximum absolute atomic E-state index is 5.06. The molecule has 1 heterocycles. The lowest BCUT2D eigenvalue weighted by molar-refractivity contribution is 0.371. The van der Waals surface area contributed by atoms with Crippen molar-refractivity contribution in [2.24, 2.45) is 4.99 Å². The van der Waals surface area contributed by atoms with Gasteiger partial charge in [-0.25, -0.2) is 4.99 Å². The van der Waals surface area contributed by atoms with Gasteiger partial charge in [0.2, 0.25) is 0 Å². The SMILES string of the molecule is c1ccc2c(c1)N=C(NC1CCCCC1)C1(CCCCC1)N2. The molecule has 2 N–H and O–H groups in total. The van der Waals surface area contributed by atoms with Gasteiger partial charge >= 0.3 is 0 Å². The number of benzene rings is 1. The molecule has 1 aromatic carbocycles. The highest BCUT2D eigenvalue weighted by Gasteiger charge is 2.40. The van der Waals surface area contributed by atoms with Gasteiger partial charge in [-0.1, -0.05) is 50.7 Å². The molecule has 0 amide bonds. The standard InChI is InChI=1S/C19H27N3/c1-3-9-15(10-4-1)20-18-19(13-7-2-8-14-19)22-17-12-6-5-11-16(17)21-18/h5-6,11-12,15,22H,1-4,7-10,13-14H2,(H,20,21). The molecule has 1 aromatic rings. The van der Waals surface area contributed by atoms with Crippen LogP contribution in [0.15, 0.2) is 29.3 Å². The van der Waals surface area contributed by atoms with Crippen LogP contribution < -0.4 is 10.6 Å². The first-order chi connectivity index (χ1) is 10.9. The molecule has 118 valence electrons. The van der Waals surface area contributed by atoms with E-state index in [-0.39, 0.29) is 5.54 Å². The summed E-state index contributed by atoms with van der Waals surface area (Å²) in [6.07, 6.45) is 13.1. The molecule has 2 aliphatic carbocycles. The lowest BCUT2D eigenvalue weighted by Gasteiger charge is -2.44. The lowest BCUT2D eigenvalue weighted by atomic mass is 9.79. The van der Waals surface area contributed by atoms with Crippen molar-refractivity contribution in [3.8, 4) is 0 Å². The Hall–Kier alpha value is -1.51. The number of amidine groups is 1. The fourth-order valence-electron chi connectivity index (χ4n) is 4.35. The van der Waals surface area contributed by atoms with Gasteiger partial charge in [0.05, 0.1) is 16.9 Å². The predicted molar refractivity (Wildman–Crippen MR) is 93.0 cm³/mol. The fourth-order valence-corrected chi connectivity index (χ4v) is 4.35. The van der Waals surface area contributed by atoms with Gasteiger partial charge in [0.1, 0.15) is 5.84 Å². The molecule has 0 saturated heterocycles. The third-order valence-electron chi connectivity index (χ3n) is 5.62. The molecule has 0 unspecified atom stereocenters. The molecule has 3 heteroatoms. The molecule has 2 fully saturated rings. The Bertz CT molecular complexity index is 552. The minimum absolute atomic E-state index is 0.0596. The number of fused-ring (bicyclic) bond motifs is 1. The summed E-state index contributed by atoms with van der Waals surface area (Å²) in [5.41, 5.74) is 2.36. The van der Waals surface area contributed by atoms with Crippen LogP contribution in [0.2, 0.25) is 0 Å². The molecule has 0 aromatic heterocycles. The van der Waals surface area contributed by atoms with Crippen molar-refractivity contribution in [2.45, 2.75) is 75.8 Å². The maximum atomic E-state index is 5.06. The third kappa shape index (κ3) is 2.62. The molecule has 0 radical (unpaired) electrons. The number of nitrogens with one attached hydrogen (secondary N) is 2. The van der Waals surface area contributed by atoms with Crippen molar-refractivity contribution in [3.05, 3.63) is 24.3 Å². The van der Waals surface area contributed by atoms with Crippen LogP contribution in [-0.2, 0) is 0 Å². The van der Waals surface area contributed by atoms with Crippen molar-refractivity contribution in [1.29, 1.82) is 0 Å². The Balaban J connectivity index is 1.65. The van der Waals surface area contributed by atoms with Crippen molar-refractivity contribution in [2.75, 3.05) is 5.32 Å². The maximum Gasteiger partial charge on any atom is 0.128 e. The quantitative estimate of drug-likeness (QED) is 0.783. The highest BCUT2D eigenvalue weighted by Crippen LogP contribution is 2.40. The molecule has 1 spiro atoms. The summed E-state index contributed by atoms with van der Waals surface area (Å²) < 4.78 is 0. The largest absolute Gasteiger partial charge is 0.371 e. The second-order valence-electron chi connectivity index (χ2n) is 7.22. The van der Waals surface area contributed by atoms with E-state index < -0.39 is 0 Å². The van der Waals surface area contributed by atoms with E-state index in [9.17, 15) is 0 Å². The summed E-state index contributed by atoms with van der Waals surface area (Å²) in [4.78, 5) is 5.06. The summed E-state index contributed by atoms with van der Waals surface area (Å²) >= 11 is 0. The Morgan fingerprint density at radius 1 is 0.955 bits per heavy atom. The monoisotopic (exact) mass is 297 g/mol. The minimum Gasteiger partial charge on any atom is -0.371 e. The Morgan fingerprint density at radius 2 is 1.68 bits per heavy atom. The van der Waals surface area contributed by atoms with E-state index in [4.69, 9.17) is 4.99 Å². The number of aliphatic imine (C=N–C) groups is 1. The van der Waals surface area contributed by atoms with Crippen LogP contribution in [0.1, 0.15) is 64.2 Å². The second-order valence-corrected chi connectivity index (χ2v) is 7.22. The normalized spacial score (nSPS) is 24.3. The molecule has 2 saturated carbocycles. The number of rotatable bonds is 1. The molecule has 4 rings (SSSR count). The van der Waals surface area contributed by atoms with Crippen LogP contribution in [0.4, 0.5) is 11.4 Å². The first-order valence-electron chi connectivity index (χ1n) is 9.09. The van der Waals surface area contributed by atoms with Gasteiger partial charge in [-0.15, -0.1) is 0 Å². The molecule has 1 aliphatic heterocycles. The third-order valence-corrected chi connectivity index (χ3v) is 5.62. The van der Waals surface area contributed by atoms with E-state index in [0.717, 1.165) is 5.69 Å². The average molecular weight is 297 g/mol. The van der Waals surface area contributed by atoms with Gasteiger partial charge in [-0.2, -0.15) is 0 Å². The van der Waals surface area contributed by atoms with Crippen molar-refractivity contribution in [3.63, 3.8) is 0 Å². The van der Waals surface area contributed by atoms with Crippen LogP contribution in [0.25, 0.3) is 0 Å². The van der Waals surface area contributed by atoms with Gasteiger partial charge in [0.25, 0.3) is 0 Å². The van der Waals surface area contributed by atoms with Crippen molar-refractivity contribution in [1.82, 2.24) is 5.32 Å². The molecule has 0 bridgehead atoms. The Kier molecular flexibility index (Phi) is 3.81. The van der Waals surface area contributed by atoms with E-state index in [1.807, 2.05) is 0 Å². The van der Waals surface area contributed by atoms with Gasteiger partial charge < -0.3 is 10.6 Å². The fraction of sp³-hybridized carbons (Fsp3) is 0.632.